The van der Waals surface area contributed by atoms with Crippen LogP contribution in [0.15, 0.2) is 22.6 Å². The van der Waals surface area contributed by atoms with Crippen LogP contribution in [-0.4, -0.2) is 44.1 Å². The minimum atomic E-state index is 0. The first-order valence-electron chi connectivity index (χ1n) is 10.3. The van der Waals surface area contributed by atoms with Gasteiger partial charge in [-0.25, -0.2) is 0 Å². The molecule has 1 aromatic heterocycles. The number of aryl methyl sites for hydroxylation is 2. The van der Waals surface area contributed by atoms with Crippen molar-refractivity contribution in [3.05, 3.63) is 29.5 Å². The molecule has 2 aromatic rings. The van der Waals surface area contributed by atoms with Crippen LogP contribution in [0, 0.1) is 5.92 Å². The molecule has 2 aliphatic rings. The van der Waals surface area contributed by atoms with Crippen molar-refractivity contribution in [1.29, 1.82) is 0 Å². The largest absolute Gasteiger partial charge is 0.484 e. The van der Waals surface area contributed by atoms with Gasteiger partial charge in [-0.15, -0.1) is 12.4 Å². The predicted octanol–water partition coefficient (Wildman–Crippen LogP) is 3.96. The van der Waals surface area contributed by atoms with Gasteiger partial charge in [-0.05, 0) is 76.2 Å². The number of halogens is 1. The molecule has 0 saturated carbocycles. The molecule has 1 N–H and O–H groups in total. The van der Waals surface area contributed by atoms with Gasteiger partial charge < -0.3 is 19.4 Å². The van der Waals surface area contributed by atoms with Crippen LogP contribution in [0.2, 0.25) is 0 Å². The van der Waals surface area contributed by atoms with Gasteiger partial charge in [0, 0.05) is 30.5 Å². The molecule has 2 heterocycles. The predicted molar refractivity (Wildman–Crippen MR) is 113 cm³/mol. The molecule has 0 unspecified atom stereocenters. The van der Waals surface area contributed by atoms with Crippen molar-refractivity contribution >= 4 is 29.3 Å². The monoisotopic (exact) mass is 406 g/mol. The highest BCUT2D eigenvalue weighted by Crippen LogP contribution is 2.34. The third kappa shape index (κ3) is 4.64. The maximum Gasteiger partial charge on any atom is 0.260 e. The lowest BCUT2D eigenvalue weighted by molar-refractivity contribution is -0.134. The number of hydrogen-bond acceptors (Lipinski definition) is 4. The molecule has 0 bridgehead atoms. The number of piperidine rings is 1. The summed E-state index contributed by atoms with van der Waals surface area (Å²) in [4.78, 5) is 14.5. The van der Waals surface area contributed by atoms with Gasteiger partial charge in [-0.1, -0.05) is 0 Å². The number of rotatable bonds is 6. The summed E-state index contributed by atoms with van der Waals surface area (Å²) in [5.41, 5.74) is 2.26. The molecule has 0 radical (unpaired) electrons. The van der Waals surface area contributed by atoms with E-state index in [0.717, 1.165) is 73.7 Å². The van der Waals surface area contributed by atoms with Crippen LogP contribution in [0.4, 0.5) is 0 Å². The molecule has 0 atom stereocenters. The van der Waals surface area contributed by atoms with Crippen molar-refractivity contribution < 1.29 is 13.9 Å². The molecule has 1 saturated heterocycles. The van der Waals surface area contributed by atoms with E-state index in [1.807, 2.05) is 30.1 Å². The molecule has 28 heavy (non-hydrogen) atoms. The number of nitrogens with one attached hydrogen (secondary N) is 1. The molecule has 1 fully saturated rings. The van der Waals surface area contributed by atoms with Crippen molar-refractivity contribution in [3.8, 4) is 5.75 Å². The lowest BCUT2D eigenvalue weighted by Gasteiger charge is -2.32. The molecule has 4 rings (SSSR count). The Morgan fingerprint density at radius 3 is 2.82 bits per heavy atom. The molecule has 1 amide bonds. The van der Waals surface area contributed by atoms with Crippen LogP contribution in [-0.2, 0) is 17.6 Å². The van der Waals surface area contributed by atoms with E-state index in [9.17, 15) is 4.79 Å². The lowest BCUT2D eigenvalue weighted by Crippen LogP contribution is -2.41. The Hall–Kier alpha value is -1.72. The second-order valence-electron chi connectivity index (χ2n) is 7.87. The Balaban J connectivity index is 0.00000225. The number of hydrogen-bond donors (Lipinski definition) is 1. The Kier molecular flexibility index (Phi) is 7.24. The van der Waals surface area contributed by atoms with E-state index in [0.29, 0.717) is 0 Å². The standard InChI is InChI=1S/C22H30N2O3.ClH/c1-23-11-8-16-9-12-24(13-10-16)22(25)15-26-17-6-7-21-19(14-17)18-4-2-3-5-20(18)27-21;/h6-7,14,16,23H,2-5,8-13,15H2,1H3;1H. The van der Waals surface area contributed by atoms with Crippen molar-refractivity contribution in [2.45, 2.75) is 44.9 Å². The topological polar surface area (TPSA) is 54.7 Å². The number of benzene rings is 1. The summed E-state index contributed by atoms with van der Waals surface area (Å²) < 4.78 is 11.8. The summed E-state index contributed by atoms with van der Waals surface area (Å²) in [6, 6.07) is 5.93. The van der Waals surface area contributed by atoms with E-state index < -0.39 is 0 Å². The number of likely N-dealkylation sites (tertiary alicyclic amines) is 1. The Morgan fingerprint density at radius 1 is 1.25 bits per heavy atom. The number of nitrogens with zero attached hydrogens (tertiary/aromatic N) is 1. The first-order chi connectivity index (χ1) is 13.2. The Bertz CT molecular complexity index is 796. The van der Waals surface area contributed by atoms with Gasteiger partial charge in [0.15, 0.2) is 6.61 Å². The minimum absolute atomic E-state index is 0. The van der Waals surface area contributed by atoms with Crippen LogP contribution < -0.4 is 10.1 Å². The second-order valence-corrected chi connectivity index (χ2v) is 7.87. The van der Waals surface area contributed by atoms with Crippen molar-refractivity contribution in [2.24, 2.45) is 5.92 Å². The van der Waals surface area contributed by atoms with Gasteiger partial charge in [-0.3, -0.25) is 4.79 Å². The zero-order valence-electron chi connectivity index (χ0n) is 16.7. The maximum absolute atomic E-state index is 12.5. The summed E-state index contributed by atoms with van der Waals surface area (Å²) >= 11 is 0. The minimum Gasteiger partial charge on any atom is -0.484 e. The van der Waals surface area contributed by atoms with E-state index in [2.05, 4.69) is 5.32 Å². The van der Waals surface area contributed by atoms with Crippen molar-refractivity contribution in [3.63, 3.8) is 0 Å². The number of ether oxygens (including phenoxy) is 1. The fraction of sp³-hybridized carbons (Fsp3) is 0.591. The fourth-order valence-corrected chi connectivity index (χ4v) is 4.39. The summed E-state index contributed by atoms with van der Waals surface area (Å²) in [7, 11) is 1.99. The smallest absolute Gasteiger partial charge is 0.260 e. The van der Waals surface area contributed by atoms with E-state index in [-0.39, 0.29) is 24.9 Å². The highest BCUT2D eigenvalue weighted by atomic mass is 35.5. The second kappa shape index (κ2) is 9.66. The summed E-state index contributed by atoms with van der Waals surface area (Å²) in [6.45, 7) is 2.88. The number of amides is 1. The Labute approximate surface area is 173 Å². The zero-order valence-corrected chi connectivity index (χ0v) is 17.5. The molecular formula is C22H31ClN2O3. The van der Waals surface area contributed by atoms with Crippen LogP contribution >= 0.6 is 12.4 Å². The number of carbonyl (C=O) groups excluding carboxylic acids is 1. The van der Waals surface area contributed by atoms with Crippen molar-refractivity contribution in [2.75, 3.05) is 33.3 Å². The maximum atomic E-state index is 12.5. The SMILES string of the molecule is CNCCC1CCN(C(=O)COc2ccc3oc4c(c3c2)CCCC4)CC1.Cl. The molecule has 1 aromatic carbocycles. The summed E-state index contributed by atoms with van der Waals surface area (Å²) in [6.07, 6.45) is 7.92. The number of furan rings is 1. The van der Waals surface area contributed by atoms with Gasteiger partial charge in [0.05, 0.1) is 0 Å². The van der Waals surface area contributed by atoms with Gasteiger partial charge >= 0.3 is 0 Å². The summed E-state index contributed by atoms with van der Waals surface area (Å²) in [5.74, 6) is 2.72. The molecule has 5 nitrogen and oxygen atoms in total. The average molecular weight is 407 g/mol. The quantitative estimate of drug-likeness (QED) is 0.788. The van der Waals surface area contributed by atoms with Crippen LogP contribution in [0.1, 0.15) is 43.4 Å². The fourth-order valence-electron chi connectivity index (χ4n) is 4.39. The lowest BCUT2D eigenvalue weighted by atomic mass is 9.93. The molecule has 6 heteroatoms. The van der Waals surface area contributed by atoms with E-state index in [4.69, 9.17) is 9.15 Å². The van der Waals surface area contributed by atoms with Gasteiger partial charge in [-0.2, -0.15) is 0 Å². The normalized spacial score (nSPS) is 17.2. The average Bonchev–Trinajstić information content (AvgIpc) is 3.09. The summed E-state index contributed by atoms with van der Waals surface area (Å²) in [5, 5.41) is 4.36. The van der Waals surface area contributed by atoms with Crippen LogP contribution in [0.3, 0.4) is 0 Å². The van der Waals surface area contributed by atoms with Crippen LogP contribution in [0.5, 0.6) is 5.75 Å². The first kappa shape index (κ1) is 21.0. The van der Waals surface area contributed by atoms with Crippen molar-refractivity contribution in [1.82, 2.24) is 10.2 Å². The Morgan fingerprint density at radius 2 is 2.04 bits per heavy atom. The zero-order chi connectivity index (χ0) is 18.6. The first-order valence-corrected chi connectivity index (χ1v) is 10.3. The number of carbonyl (C=O) groups is 1. The van der Waals surface area contributed by atoms with Gasteiger partial charge in [0.2, 0.25) is 0 Å². The molecular weight excluding hydrogens is 376 g/mol. The van der Waals surface area contributed by atoms with Crippen LogP contribution in [0.25, 0.3) is 11.0 Å². The third-order valence-electron chi connectivity index (χ3n) is 6.06. The highest BCUT2D eigenvalue weighted by Gasteiger charge is 2.23. The molecule has 1 aliphatic carbocycles. The van der Waals surface area contributed by atoms with Gasteiger partial charge in [0.25, 0.3) is 5.91 Å². The molecule has 154 valence electrons. The van der Waals surface area contributed by atoms with E-state index in [1.54, 1.807) is 0 Å². The molecule has 0 spiro atoms. The van der Waals surface area contributed by atoms with E-state index >= 15 is 0 Å². The highest BCUT2D eigenvalue weighted by molar-refractivity contribution is 5.85. The third-order valence-corrected chi connectivity index (χ3v) is 6.06. The number of fused-ring (bicyclic) bond motifs is 3. The van der Waals surface area contributed by atoms with Gasteiger partial charge in [0.1, 0.15) is 17.1 Å². The molecule has 1 aliphatic heterocycles. The van der Waals surface area contributed by atoms with E-state index in [1.165, 1.54) is 24.8 Å².